The molecule has 0 aliphatic rings. The monoisotopic (exact) mass is 403 g/mol. The van der Waals surface area contributed by atoms with E-state index in [1.54, 1.807) is 42.9 Å². The number of hydrogen-bond donors (Lipinski definition) is 2. The van der Waals surface area contributed by atoms with Gasteiger partial charge in [-0.15, -0.1) is 0 Å². The third kappa shape index (κ3) is 3.67. The molecule has 0 fully saturated rings. The maximum atomic E-state index is 13.0. The number of nitrogens with one attached hydrogen (secondary N) is 2. The summed E-state index contributed by atoms with van der Waals surface area (Å²) in [6.07, 6.45) is 1.76. The van der Waals surface area contributed by atoms with E-state index in [1.807, 2.05) is 32.0 Å². The van der Waals surface area contributed by atoms with Gasteiger partial charge in [0.2, 0.25) is 5.88 Å². The summed E-state index contributed by atoms with van der Waals surface area (Å²) in [5.41, 5.74) is 4.98. The summed E-state index contributed by atoms with van der Waals surface area (Å²) in [5, 5.41) is 9.94. The molecule has 0 unspecified atom stereocenters. The van der Waals surface area contributed by atoms with Crippen LogP contribution in [0.5, 0.6) is 0 Å². The first-order valence-electron chi connectivity index (χ1n) is 9.40. The fraction of sp³-hybridized carbons (Fsp3) is 0.182. The van der Waals surface area contributed by atoms with Crippen LogP contribution in [-0.2, 0) is 7.05 Å². The van der Waals surface area contributed by atoms with Crippen molar-refractivity contribution in [1.29, 1.82) is 0 Å². The number of aryl methyl sites for hydroxylation is 4. The highest BCUT2D eigenvalue weighted by Crippen LogP contribution is 2.27. The Labute approximate surface area is 172 Å². The zero-order valence-corrected chi connectivity index (χ0v) is 17.1. The molecule has 2 N–H and O–H groups in total. The second-order valence-corrected chi connectivity index (χ2v) is 7.25. The van der Waals surface area contributed by atoms with E-state index >= 15 is 0 Å². The molecule has 0 saturated carbocycles. The number of benzene rings is 1. The molecule has 3 aromatic heterocycles. The zero-order valence-electron chi connectivity index (χ0n) is 17.1. The van der Waals surface area contributed by atoms with Gasteiger partial charge in [0, 0.05) is 41.6 Å². The van der Waals surface area contributed by atoms with Gasteiger partial charge in [0.15, 0.2) is 0 Å². The van der Waals surface area contributed by atoms with E-state index in [0.29, 0.717) is 16.9 Å². The van der Waals surface area contributed by atoms with Gasteiger partial charge in [0.05, 0.1) is 11.2 Å². The summed E-state index contributed by atoms with van der Waals surface area (Å²) in [7, 11) is 1.75. The van der Waals surface area contributed by atoms with Crippen LogP contribution in [0.3, 0.4) is 0 Å². The first kappa shape index (κ1) is 19.4. The van der Waals surface area contributed by atoms with Crippen LogP contribution in [-0.4, -0.2) is 20.7 Å². The van der Waals surface area contributed by atoms with Crippen molar-refractivity contribution in [3.63, 3.8) is 0 Å². The zero-order chi connectivity index (χ0) is 21.4. The summed E-state index contributed by atoms with van der Waals surface area (Å²) in [6, 6.07) is 10.3. The first-order chi connectivity index (χ1) is 14.3. The number of fused-ring (bicyclic) bond motifs is 1. The molecule has 4 rings (SSSR count). The normalized spacial score (nSPS) is 10.9. The van der Waals surface area contributed by atoms with E-state index in [2.05, 4.69) is 20.8 Å². The van der Waals surface area contributed by atoms with Gasteiger partial charge >= 0.3 is 6.03 Å². The number of carbonyl (C=O) groups excluding carboxylic acids is 1. The molecule has 0 atom stereocenters. The van der Waals surface area contributed by atoms with Crippen LogP contribution in [0.1, 0.15) is 17.0 Å². The lowest BCUT2D eigenvalue weighted by molar-refractivity contribution is 0.261. The fourth-order valence-corrected chi connectivity index (χ4v) is 3.34. The Morgan fingerprint density at radius 3 is 2.53 bits per heavy atom. The van der Waals surface area contributed by atoms with Crippen molar-refractivity contribution in [1.82, 2.24) is 14.7 Å². The van der Waals surface area contributed by atoms with Gasteiger partial charge in [0.25, 0.3) is 5.56 Å². The van der Waals surface area contributed by atoms with E-state index in [9.17, 15) is 9.59 Å². The Bertz CT molecular complexity index is 1340. The Kier molecular flexibility index (Phi) is 4.83. The molecule has 2 amide bonds. The molecule has 0 spiro atoms. The second kappa shape index (κ2) is 7.47. The SMILES string of the molecule is Cc1cc2c(cn1)cc(-c1cc(NC(=O)Nc3cc(C)no3)ccc1C)c(=O)n2C. The van der Waals surface area contributed by atoms with E-state index in [0.717, 1.165) is 27.7 Å². The van der Waals surface area contributed by atoms with Crippen molar-refractivity contribution >= 4 is 28.5 Å². The summed E-state index contributed by atoms with van der Waals surface area (Å²) >= 11 is 0. The lowest BCUT2D eigenvalue weighted by atomic mass is 9.99. The Balaban J connectivity index is 1.70. The van der Waals surface area contributed by atoms with Crippen molar-refractivity contribution in [2.24, 2.45) is 7.05 Å². The standard InChI is InChI=1S/C22H21N5O3/c1-12-5-6-16(24-22(29)25-20-8-14(3)26-30-20)10-17(12)18-9-15-11-23-13(2)7-19(15)27(4)21(18)28/h5-11H,1-4H3,(H2,24,25,29). The molecule has 0 saturated heterocycles. The van der Waals surface area contributed by atoms with Crippen LogP contribution in [0.4, 0.5) is 16.4 Å². The Morgan fingerprint density at radius 1 is 1.00 bits per heavy atom. The molecular formula is C22H21N5O3. The van der Waals surface area contributed by atoms with Gasteiger partial charge < -0.3 is 14.4 Å². The number of carbonyl (C=O) groups is 1. The van der Waals surface area contributed by atoms with Gasteiger partial charge in [-0.1, -0.05) is 11.2 Å². The molecule has 8 heteroatoms. The Hall–Kier alpha value is -3.94. The maximum absolute atomic E-state index is 13.0. The molecule has 152 valence electrons. The smallest absolute Gasteiger partial charge is 0.326 e. The number of aromatic nitrogens is 3. The van der Waals surface area contributed by atoms with Gasteiger partial charge in [0.1, 0.15) is 0 Å². The van der Waals surface area contributed by atoms with Crippen LogP contribution in [0, 0.1) is 20.8 Å². The number of nitrogens with zero attached hydrogens (tertiary/aromatic N) is 3. The first-order valence-corrected chi connectivity index (χ1v) is 9.40. The minimum Gasteiger partial charge on any atom is -0.338 e. The van der Waals surface area contributed by atoms with Crippen LogP contribution in [0.15, 0.2) is 51.9 Å². The van der Waals surface area contributed by atoms with E-state index in [-0.39, 0.29) is 11.4 Å². The predicted molar refractivity (Wildman–Crippen MR) is 116 cm³/mol. The minimum atomic E-state index is -0.466. The van der Waals surface area contributed by atoms with Crippen molar-refractivity contribution in [3.05, 3.63) is 69.9 Å². The van der Waals surface area contributed by atoms with Crippen LogP contribution >= 0.6 is 0 Å². The molecule has 3 heterocycles. The number of pyridine rings is 2. The lowest BCUT2D eigenvalue weighted by Crippen LogP contribution is -2.20. The Morgan fingerprint density at radius 2 is 1.80 bits per heavy atom. The molecule has 0 aliphatic heterocycles. The molecule has 0 radical (unpaired) electrons. The van der Waals surface area contributed by atoms with Crippen molar-refractivity contribution in [2.75, 3.05) is 10.6 Å². The molecule has 30 heavy (non-hydrogen) atoms. The fourth-order valence-electron chi connectivity index (χ4n) is 3.34. The quantitative estimate of drug-likeness (QED) is 0.535. The van der Waals surface area contributed by atoms with Gasteiger partial charge in [-0.25, -0.2) is 4.79 Å². The van der Waals surface area contributed by atoms with Gasteiger partial charge in [-0.3, -0.25) is 15.1 Å². The number of anilines is 2. The third-order valence-corrected chi connectivity index (χ3v) is 4.90. The van der Waals surface area contributed by atoms with Crippen LogP contribution < -0.4 is 16.2 Å². The van der Waals surface area contributed by atoms with Gasteiger partial charge in [-0.2, -0.15) is 0 Å². The van der Waals surface area contributed by atoms with E-state index in [1.165, 1.54) is 0 Å². The second-order valence-electron chi connectivity index (χ2n) is 7.25. The summed E-state index contributed by atoms with van der Waals surface area (Å²) in [6.45, 7) is 5.58. The molecule has 1 aromatic carbocycles. The molecule has 4 aromatic rings. The van der Waals surface area contributed by atoms with E-state index < -0.39 is 6.03 Å². The topological polar surface area (TPSA) is 102 Å². The summed E-state index contributed by atoms with van der Waals surface area (Å²) in [5.74, 6) is 0.253. The highest BCUT2D eigenvalue weighted by Gasteiger charge is 2.14. The van der Waals surface area contributed by atoms with Crippen molar-refractivity contribution in [3.8, 4) is 11.1 Å². The molecule has 0 bridgehead atoms. The predicted octanol–water partition coefficient (Wildman–Crippen LogP) is 4.16. The number of rotatable bonds is 3. The van der Waals surface area contributed by atoms with E-state index in [4.69, 9.17) is 4.52 Å². The highest BCUT2D eigenvalue weighted by atomic mass is 16.5. The van der Waals surface area contributed by atoms with Crippen LogP contribution in [0.25, 0.3) is 22.0 Å². The lowest BCUT2D eigenvalue weighted by Gasteiger charge is -2.13. The number of urea groups is 1. The average molecular weight is 403 g/mol. The largest absolute Gasteiger partial charge is 0.338 e. The minimum absolute atomic E-state index is 0.116. The number of hydrogen-bond acceptors (Lipinski definition) is 5. The highest BCUT2D eigenvalue weighted by molar-refractivity contribution is 5.99. The third-order valence-electron chi connectivity index (χ3n) is 4.90. The molecule has 8 nitrogen and oxygen atoms in total. The summed E-state index contributed by atoms with van der Waals surface area (Å²) < 4.78 is 6.61. The average Bonchev–Trinajstić information content (AvgIpc) is 3.11. The van der Waals surface area contributed by atoms with Gasteiger partial charge in [-0.05, 0) is 56.2 Å². The summed E-state index contributed by atoms with van der Waals surface area (Å²) in [4.78, 5) is 29.7. The van der Waals surface area contributed by atoms with Crippen LogP contribution in [0.2, 0.25) is 0 Å². The van der Waals surface area contributed by atoms with Crippen molar-refractivity contribution in [2.45, 2.75) is 20.8 Å². The van der Waals surface area contributed by atoms with Crippen molar-refractivity contribution < 1.29 is 9.32 Å². The molecule has 0 aliphatic carbocycles. The maximum Gasteiger partial charge on any atom is 0.326 e. The number of amides is 2. The molecular weight excluding hydrogens is 382 g/mol.